The number of anilines is 1. The maximum atomic E-state index is 12.3. The highest BCUT2D eigenvalue weighted by atomic mass is 16.2. The number of aromatic nitrogens is 3. The van der Waals surface area contributed by atoms with Crippen LogP contribution >= 0.6 is 0 Å². The number of rotatable bonds is 5. The summed E-state index contributed by atoms with van der Waals surface area (Å²) >= 11 is 0. The van der Waals surface area contributed by atoms with Gasteiger partial charge in [-0.15, -0.1) is 0 Å². The van der Waals surface area contributed by atoms with Gasteiger partial charge in [-0.3, -0.25) is 4.79 Å². The Hall–Kier alpha value is -3.68. The van der Waals surface area contributed by atoms with Gasteiger partial charge in [0.05, 0.1) is 5.69 Å². The van der Waals surface area contributed by atoms with Crippen molar-refractivity contribution < 1.29 is 9.59 Å². The summed E-state index contributed by atoms with van der Waals surface area (Å²) in [6, 6.07) is 13.6. The van der Waals surface area contributed by atoms with Gasteiger partial charge in [0, 0.05) is 17.8 Å². The van der Waals surface area contributed by atoms with Crippen molar-refractivity contribution in [1.82, 2.24) is 20.1 Å². The minimum Gasteiger partial charge on any atom is -0.352 e. The zero-order valence-electron chi connectivity index (χ0n) is 13.2. The van der Waals surface area contributed by atoms with Crippen molar-refractivity contribution in [2.75, 3.05) is 5.32 Å². The second kappa shape index (κ2) is 7.26. The van der Waals surface area contributed by atoms with Crippen LogP contribution in [-0.4, -0.2) is 26.7 Å². The van der Waals surface area contributed by atoms with Gasteiger partial charge in [0.2, 0.25) is 0 Å². The highest BCUT2D eigenvalue weighted by Crippen LogP contribution is 2.14. The van der Waals surface area contributed by atoms with E-state index < -0.39 is 6.03 Å². The molecule has 1 heterocycles. The second-order valence-corrected chi connectivity index (χ2v) is 5.26. The fourth-order valence-corrected chi connectivity index (χ4v) is 2.21. The quantitative estimate of drug-likeness (QED) is 0.657. The zero-order chi connectivity index (χ0) is 17.6. The minimum absolute atomic E-state index is 0.220. The van der Waals surface area contributed by atoms with Crippen molar-refractivity contribution >= 4 is 17.6 Å². The van der Waals surface area contributed by atoms with Crippen LogP contribution in [0.3, 0.4) is 0 Å². The van der Waals surface area contributed by atoms with Crippen LogP contribution in [0, 0.1) is 0 Å². The molecule has 0 spiro atoms. The van der Waals surface area contributed by atoms with E-state index in [2.05, 4.69) is 20.7 Å². The summed E-state index contributed by atoms with van der Waals surface area (Å²) in [6.45, 7) is 0.320. The first kappa shape index (κ1) is 16.2. The predicted octanol–water partition coefficient (Wildman–Crippen LogP) is 1.69. The predicted molar refractivity (Wildman–Crippen MR) is 92.2 cm³/mol. The number of urea groups is 1. The molecular weight excluding hydrogens is 320 g/mol. The molecule has 1 aromatic heterocycles. The largest absolute Gasteiger partial charge is 0.352 e. The third kappa shape index (κ3) is 4.20. The first-order valence-electron chi connectivity index (χ1n) is 7.50. The molecule has 126 valence electrons. The Labute approximate surface area is 143 Å². The third-order valence-electron chi connectivity index (χ3n) is 3.49. The summed E-state index contributed by atoms with van der Waals surface area (Å²) in [6.07, 6.45) is 3.06. The van der Waals surface area contributed by atoms with Gasteiger partial charge in [-0.25, -0.2) is 14.5 Å². The molecule has 0 aliphatic rings. The number of nitrogens with one attached hydrogen (secondary N) is 2. The summed E-state index contributed by atoms with van der Waals surface area (Å²) in [5.41, 5.74) is 7.92. The molecule has 0 atom stereocenters. The van der Waals surface area contributed by atoms with Crippen LogP contribution < -0.4 is 16.4 Å². The number of carbonyl (C=O) groups is 2. The van der Waals surface area contributed by atoms with Crippen molar-refractivity contribution in [2.24, 2.45) is 5.73 Å². The third-order valence-corrected chi connectivity index (χ3v) is 3.49. The maximum absolute atomic E-state index is 12.3. The van der Waals surface area contributed by atoms with E-state index in [1.165, 1.54) is 6.33 Å². The average molecular weight is 336 g/mol. The summed E-state index contributed by atoms with van der Waals surface area (Å²) in [7, 11) is 0. The van der Waals surface area contributed by atoms with Crippen LogP contribution in [0.25, 0.3) is 5.69 Å². The van der Waals surface area contributed by atoms with Crippen molar-refractivity contribution in [1.29, 1.82) is 0 Å². The summed E-state index contributed by atoms with van der Waals surface area (Å²) in [5.74, 6) is -0.220. The average Bonchev–Trinajstić information content (AvgIpc) is 3.15. The number of hydrogen-bond acceptors (Lipinski definition) is 4. The molecule has 0 radical (unpaired) electrons. The van der Waals surface area contributed by atoms with E-state index in [0.717, 1.165) is 11.3 Å². The monoisotopic (exact) mass is 336 g/mol. The molecule has 4 N–H and O–H groups in total. The normalized spacial score (nSPS) is 10.2. The Morgan fingerprint density at radius 3 is 2.36 bits per heavy atom. The lowest BCUT2D eigenvalue weighted by Crippen LogP contribution is -2.28. The van der Waals surface area contributed by atoms with Crippen LogP contribution in [-0.2, 0) is 6.54 Å². The summed E-state index contributed by atoms with van der Waals surface area (Å²) in [5, 5.41) is 9.36. The fraction of sp³-hybridized carbons (Fsp3) is 0.0588. The highest BCUT2D eigenvalue weighted by molar-refractivity contribution is 6.04. The smallest absolute Gasteiger partial charge is 0.312 e. The van der Waals surface area contributed by atoms with Crippen LogP contribution in [0.5, 0.6) is 0 Å². The van der Waals surface area contributed by atoms with Crippen LogP contribution in [0.2, 0.25) is 0 Å². The molecule has 2 aromatic carbocycles. The summed E-state index contributed by atoms with van der Waals surface area (Å²) < 4.78 is 1.63. The molecule has 0 saturated carbocycles. The SMILES string of the molecule is NC(=O)NCc1ccc(C(=O)Nc2ccc(-n3cncn3)cc2)cc1. The number of primary amides is 1. The van der Waals surface area contributed by atoms with Gasteiger partial charge in [0.1, 0.15) is 12.7 Å². The number of benzene rings is 2. The molecular formula is C17H16N6O2. The van der Waals surface area contributed by atoms with Gasteiger partial charge < -0.3 is 16.4 Å². The second-order valence-electron chi connectivity index (χ2n) is 5.26. The molecule has 3 rings (SSSR count). The molecule has 8 nitrogen and oxygen atoms in total. The van der Waals surface area contributed by atoms with Crippen LogP contribution in [0.15, 0.2) is 61.2 Å². The number of amides is 3. The van der Waals surface area contributed by atoms with Gasteiger partial charge in [0.25, 0.3) is 5.91 Å². The van der Waals surface area contributed by atoms with Crippen molar-refractivity contribution in [2.45, 2.75) is 6.54 Å². The lowest BCUT2D eigenvalue weighted by molar-refractivity contribution is 0.102. The van der Waals surface area contributed by atoms with Crippen molar-refractivity contribution in [3.63, 3.8) is 0 Å². The van der Waals surface area contributed by atoms with Gasteiger partial charge in [-0.2, -0.15) is 5.10 Å². The van der Waals surface area contributed by atoms with Gasteiger partial charge in [-0.05, 0) is 42.0 Å². The fourth-order valence-electron chi connectivity index (χ4n) is 2.21. The van der Waals surface area contributed by atoms with Crippen LogP contribution in [0.1, 0.15) is 15.9 Å². The number of nitrogens with two attached hydrogens (primary N) is 1. The molecule has 25 heavy (non-hydrogen) atoms. The summed E-state index contributed by atoms with van der Waals surface area (Å²) in [4.78, 5) is 26.9. The van der Waals surface area contributed by atoms with E-state index in [0.29, 0.717) is 17.8 Å². The Morgan fingerprint density at radius 1 is 1.04 bits per heavy atom. The molecule has 0 aliphatic heterocycles. The maximum Gasteiger partial charge on any atom is 0.312 e. The van der Waals surface area contributed by atoms with Gasteiger partial charge in [-0.1, -0.05) is 12.1 Å². The molecule has 0 bridgehead atoms. The number of nitrogens with zero attached hydrogens (tertiary/aromatic N) is 3. The lowest BCUT2D eigenvalue weighted by Gasteiger charge is -2.08. The molecule has 8 heteroatoms. The van der Waals surface area contributed by atoms with E-state index in [1.807, 2.05) is 12.1 Å². The van der Waals surface area contributed by atoms with E-state index in [-0.39, 0.29) is 5.91 Å². The van der Waals surface area contributed by atoms with E-state index in [4.69, 9.17) is 5.73 Å². The Kier molecular flexibility index (Phi) is 4.70. The standard InChI is InChI=1S/C17H16N6O2/c18-17(25)20-9-12-1-3-13(4-2-12)16(24)22-14-5-7-15(8-6-14)23-11-19-10-21-23/h1-8,10-11H,9H2,(H,22,24)(H3,18,20,25). The number of carbonyl (C=O) groups excluding carboxylic acids is 2. The first-order valence-corrected chi connectivity index (χ1v) is 7.50. The van der Waals surface area contributed by atoms with Crippen molar-refractivity contribution in [3.05, 3.63) is 72.3 Å². The molecule has 0 unspecified atom stereocenters. The first-order chi connectivity index (χ1) is 12.1. The molecule has 3 amide bonds. The van der Waals surface area contributed by atoms with Gasteiger partial charge in [0.15, 0.2) is 0 Å². The molecule has 0 fully saturated rings. The Bertz CT molecular complexity index is 857. The Morgan fingerprint density at radius 2 is 1.76 bits per heavy atom. The van der Waals surface area contributed by atoms with E-state index >= 15 is 0 Å². The Balaban J connectivity index is 1.62. The van der Waals surface area contributed by atoms with Crippen molar-refractivity contribution in [3.8, 4) is 5.69 Å². The topological polar surface area (TPSA) is 115 Å². The minimum atomic E-state index is -0.587. The van der Waals surface area contributed by atoms with E-state index in [9.17, 15) is 9.59 Å². The van der Waals surface area contributed by atoms with Crippen LogP contribution in [0.4, 0.5) is 10.5 Å². The molecule has 0 aliphatic carbocycles. The van der Waals surface area contributed by atoms with E-state index in [1.54, 1.807) is 47.4 Å². The number of hydrogen-bond donors (Lipinski definition) is 3. The zero-order valence-corrected chi connectivity index (χ0v) is 13.2. The lowest BCUT2D eigenvalue weighted by atomic mass is 10.1. The molecule has 3 aromatic rings. The molecule has 0 saturated heterocycles. The highest BCUT2D eigenvalue weighted by Gasteiger charge is 2.07. The van der Waals surface area contributed by atoms with Gasteiger partial charge >= 0.3 is 6.03 Å².